The highest BCUT2D eigenvalue weighted by Crippen LogP contribution is 2.24. The molecule has 1 atom stereocenters. The third-order valence-electron chi connectivity index (χ3n) is 2.52. The maximum atomic E-state index is 11.5. The van der Waals surface area contributed by atoms with Crippen LogP contribution in [0.4, 0.5) is 10.5 Å². The van der Waals surface area contributed by atoms with E-state index >= 15 is 0 Å². The largest absolute Gasteiger partial charge is 0.374 e. The van der Waals surface area contributed by atoms with E-state index < -0.39 is 18.0 Å². The molecule has 2 rings (SSSR count). The lowest BCUT2D eigenvalue weighted by atomic mass is 10.2. The van der Waals surface area contributed by atoms with Gasteiger partial charge in [0.05, 0.1) is 15.2 Å². The van der Waals surface area contributed by atoms with Gasteiger partial charge in [-0.1, -0.05) is 0 Å². The molecule has 1 heterocycles. The van der Waals surface area contributed by atoms with Crippen LogP contribution in [-0.4, -0.2) is 23.0 Å². The maximum Gasteiger partial charge on any atom is 0.318 e. The predicted octanol–water partition coefficient (Wildman–Crippen LogP) is 1.60. The topological polar surface area (TPSA) is 97.1 Å². The summed E-state index contributed by atoms with van der Waals surface area (Å²) >= 11 is 1.59. The van der Waals surface area contributed by atoms with Gasteiger partial charge in [0.15, 0.2) is 0 Å². The second-order valence-corrected chi connectivity index (χ2v) is 5.37. The molecule has 19 heavy (non-hydrogen) atoms. The Morgan fingerprint density at radius 1 is 1.42 bits per heavy atom. The van der Waals surface area contributed by atoms with Crippen LogP contribution in [0, 0.1) is 6.92 Å². The number of nitrogens with one attached hydrogen (secondary N) is 2. The molecule has 0 radical (unpaired) electrons. The summed E-state index contributed by atoms with van der Waals surface area (Å²) in [5.74, 6) is -0.465. The SMILES string of the molecule is Cc1nc2ccc(N[C@@H](C)C(=O)NC(N)=O)cc2s1. The van der Waals surface area contributed by atoms with Gasteiger partial charge in [-0.15, -0.1) is 11.3 Å². The van der Waals surface area contributed by atoms with E-state index in [2.05, 4.69) is 10.3 Å². The average molecular weight is 278 g/mol. The fourth-order valence-corrected chi connectivity index (χ4v) is 2.54. The van der Waals surface area contributed by atoms with Crippen LogP contribution >= 0.6 is 11.3 Å². The molecule has 0 aliphatic rings. The fourth-order valence-electron chi connectivity index (χ4n) is 1.67. The summed E-state index contributed by atoms with van der Waals surface area (Å²) < 4.78 is 1.05. The molecule has 7 heteroatoms. The quantitative estimate of drug-likeness (QED) is 0.794. The number of rotatable bonds is 3. The number of imide groups is 1. The Kier molecular flexibility index (Phi) is 3.66. The third-order valence-corrected chi connectivity index (χ3v) is 3.45. The highest BCUT2D eigenvalue weighted by molar-refractivity contribution is 7.18. The minimum Gasteiger partial charge on any atom is -0.374 e. The number of carbonyl (C=O) groups is 2. The first-order chi connectivity index (χ1) is 8.95. The molecule has 0 aliphatic heterocycles. The van der Waals surface area contributed by atoms with Crippen LogP contribution in [0.3, 0.4) is 0 Å². The van der Waals surface area contributed by atoms with E-state index in [4.69, 9.17) is 5.73 Å². The van der Waals surface area contributed by atoms with Crippen LogP contribution in [0.1, 0.15) is 11.9 Å². The molecule has 3 amide bonds. The van der Waals surface area contributed by atoms with Crippen molar-refractivity contribution in [3.63, 3.8) is 0 Å². The normalized spacial score (nSPS) is 12.1. The van der Waals surface area contributed by atoms with E-state index in [0.29, 0.717) is 0 Å². The predicted molar refractivity (Wildman–Crippen MR) is 75.2 cm³/mol. The summed E-state index contributed by atoms with van der Waals surface area (Å²) in [6.07, 6.45) is 0. The van der Waals surface area contributed by atoms with Crippen molar-refractivity contribution in [1.82, 2.24) is 10.3 Å². The van der Waals surface area contributed by atoms with Gasteiger partial charge >= 0.3 is 6.03 Å². The van der Waals surface area contributed by atoms with Crippen molar-refractivity contribution in [2.45, 2.75) is 19.9 Å². The van der Waals surface area contributed by atoms with Gasteiger partial charge in [-0.05, 0) is 32.0 Å². The molecule has 1 aromatic heterocycles. The van der Waals surface area contributed by atoms with E-state index in [1.165, 1.54) is 0 Å². The Bertz CT molecular complexity index is 638. The first-order valence-corrected chi connectivity index (χ1v) is 6.51. The summed E-state index contributed by atoms with van der Waals surface area (Å²) in [5.41, 5.74) is 6.62. The number of nitrogens with zero attached hydrogens (tertiary/aromatic N) is 1. The number of amides is 3. The summed E-state index contributed by atoms with van der Waals surface area (Å²) in [6, 6.07) is 4.25. The summed E-state index contributed by atoms with van der Waals surface area (Å²) in [6.45, 7) is 3.60. The molecule has 0 unspecified atom stereocenters. The smallest absolute Gasteiger partial charge is 0.318 e. The number of primary amides is 1. The zero-order chi connectivity index (χ0) is 14.0. The van der Waals surface area contributed by atoms with Gasteiger partial charge in [0.25, 0.3) is 0 Å². The number of hydrogen-bond acceptors (Lipinski definition) is 5. The molecule has 0 bridgehead atoms. The third kappa shape index (κ3) is 3.19. The molecule has 0 fully saturated rings. The fraction of sp³-hybridized carbons (Fsp3) is 0.250. The van der Waals surface area contributed by atoms with Crippen molar-refractivity contribution in [3.8, 4) is 0 Å². The van der Waals surface area contributed by atoms with E-state index in [9.17, 15) is 9.59 Å². The van der Waals surface area contributed by atoms with Gasteiger partial charge in [-0.3, -0.25) is 10.1 Å². The van der Waals surface area contributed by atoms with Gasteiger partial charge < -0.3 is 11.1 Å². The molecule has 2 aromatic rings. The molecular formula is C12H14N4O2S. The number of benzene rings is 1. The van der Waals surface area contributed by atoms with Crippen LogP contribution < -0.4 is 16.4 Å². The number of thiazole rings is 1. The Labute approximate surface area is 114 Å². The number of carbonyl (C=O) groups excluding carboxylic acids is 2. The van der Waals surface area contributed by atoms with Crippen LogP contribution in [0.25, 0.3) is 10.2 Å². The lowest BCUT2D eigenvalue weighted by molar-refractivity contribution is -0.120. The first-order valence-electron chi connectivity index (χ1n) is 5.70. The van der Waals surface area contributed by atoms with Crippen molar-refractivity contribution in [2.75, 3.05) is 5.32 Å². The standard InChI is InChI=1S/C12H14N4O2S/c1-6(11(17)16-12(13)18)14-8-3-4-9-10(5-8)19-7(2)15-9/h3-6,14H,1-2H3,(H3,13,16,17,18)/t6-/m0/s1. The van der Waals surface area contributed by atoms with Crippen molar-refractivity contribution in [3.05, 3.63) is 23.2 Å². The van der Waals surface area contributed by atoms with Crippen LogP contribution in [0.5, 0.6) is 0 Å². The van der Waals surface area contributed by atoms with Gasteiger partial charge in [0, 0.05) is 5.69 Å². The lowest BCUT2D eigenvalue weighted by Gasteiger charge is -2.13. The Morgan fingerprint density at radius 3 is 2.84 bits per heavy atom. The molecule has 1 aromatic carbocycles. The van der Waals surface area contributed by atoms with E-state index in [0.717, 1.165) is 20.9 Å². The number of aryl methyl sites for hydroxylation is 1. The lowest BCUT2D eigenvalue weighted by Crippen LogP contribution is -2.43. The number of aromatic nitrogens is 1. The van der Waals surface area contributed by atoms with Crippen LogP contribution in [0.2, 0.25) is 0 Å². The molecule has 6 nitrogen and oxygen atoms in total. The Morgan fingerprint density at radius 2 is 2.16 bits per heavy atom. The van der Waals surface area contributed by atoms with Gasteiger partial charge in [-0.25, -0.2) is 9.78 Å². The summed E-state index contributed by atoms with van der Waals surface area (Å²) in [7, 11) is 0. The zero-order valence-electron chi connectivity index (χ0n) is 10.6. The highest BCUT2D eigenvalue weighted by atomic mass is 32.1. The molecule has 100 valence electrons. The highest BCUT2D eigenvalue weighted by Gasteiger charge is 2.14. The second kappa shape index (κ2) is 5.23. The monoisotopic (exact) mass is 278 g/mol. The minimum absolute atomic E-state index is 0.465. The molecule has 0 saturated carbocycles. The van der Waals surface area contributed by atoms with Crippen LogP contribution in [0.15, 0.2) is 18.2 Å². The average Bonchev–Trinajstić information content (AvgIpc) is 2.67. The number of anilines is 1. The molecule has 0 aliphatic carbocycles. The summed E-state index contributed by atoms with van der Waals surface area (Å²) in [4.78, 5) is 26.5. The van der Waals surface area contributed by atoms with Gasteiger partial charge in [0.2, 0.25) is 5.91 Å². The van der Waals surface area contributed by atoms with E-state index in [1.807, 2.05) is 30.4 Å². The van der Waals surface area contributed by atoms with E-state index in [1.54, 1.807) is 18.3 Å². The van der Waals surface area contributed by atoms with Crippen molar-refractivity contribution < 1.29 is 9.59 Å². The number of fused-ring (bicyclic) bond motifs is 1. The molecule has 0 spiro atoms. The zero-order valence-corrected chi connectivity index (χ0v) is 11.4. The van der Waals surface area contributed by atoms with Crippen molar-refractivity contribution >= 4 is 39.2 Å². The maximum absolute atomic E-state index is 11.5. The Balaban J connectivity index is 2.12. The molecule has 0 saturated heterocycles. The van der Waals surface area contributed by atoms with Gasteiger partial charge in [-0.2, -0.15) is 0 Å². The molecule has 4 N–H and O–H groups in total. The number of hydrogen-bond donors (Lipinski definition) is 3. The van der Waals surface area contributed by atoms with Crippen molar-refractivity contribution in [2.24, 2.45) is 5.73 Å². The Hall–Kier alpha value is -2.15. The van der Waals surface area contributed by atoms with Crippen LogP contribution in [-0.2, 0) is 4.79 Å². The number of nitrogens with two attached hydrogens (primary N) is 1. The minimum atomic E-state index is -0.854. The molecular weight excluding hydrogens is 264 g/mol. The van der Waals surface area contributed by atoms with Crippen molar-refractivity contribution in [1.29, 1.82) is 0 Å². The van der Waals surface area contributed by atoms with E-state index in [-0.39, 0.29) is 0 Å². The van der Waals surface area contributed by atoms with Gasteiger partial charge in [0.1, 0.15) is 6.04 Å². The second-order valence-electron chi connectivity index (χ2n) is 4.13. The first kappa shape index (κ1) is 13.3. The summed E-state index contributed by atoms with van der Waals surface area (Å²) in [5, 5.41) is 6.03. The number of urea groups is 1.